The number of hydrogen-bond acceptors (Lipinski definition) is 11. The van der Waals surface area contributed by atoms with Crippen molar-refractivity contribution in [1.29, 1.82) is 5.26 Å². The van der Waals surface area contributed by atoms with Gasteiger partial charge in [-0.05, 0) is 94.5 Å². The van der Waals surface area contributed by atoms with Gasteiger partial charge in [0.2, 0.25) is 11.8 Å². The van der Waals surface area contributed by atoms with Crippen molar-refractivity contribution in [2.45, 2.75) is 76.1 Å². The van der Waals surface area contributed by atoms with E-state index >= 15 is 0 Å². The first-order valence-corrected chi connectivity index (χ1v) is 21.3. The van der Waals surface area contributed by atoms with Gasteiger partial charge >= 0.3 is 0 Å². The number of piperidine rings is 1. The minimum Gasteiger partial charge on any atom is -0.386 e. The zero-order valence-electron chi connectivity index (χ0n) is 34.5. The first-order chi connectivity index (χ1) is 29.4. The highest BCUT2D eigenvalue weighted by Gasteiger charge is 2.34. The predicted molar refractivity (Wildman–Crippen MR) is 228 cm³/mol. The van der Waals surface area contributed by atoms with Crippen molar-refractivity contribution in [3.05, 3.63) is 89.4 Å². The van der Waals surface area contributed by atoms with Gasteiger partial charge < -0.3 is 25.5 Å². The molecule has 1 aliphatic carbocycles. The number of carbonyl (C=O) groups excluding carboxylic acids is 4. The van der Waals surface area contributed by atoms with Crippen molar-refractivity contribution in [1.82, 2.24) is 39.8 Å². The van der Waals surface area contributed by atoms with Gasteiger partial charge in [0.15, 0.2) is 0 Å². The molecule has 6 heterocycles. The smallest absolute Gasteiger partial charge is 0.274 e. The quantitative estimate of drug-likeness (QED) is 0.150. The molecule has 61 heavy (non-hydrogen) atoms. The van der Waals surface area contributed by atoms with Crippen LogP contribution in [0.5, 0.6) is 0 Å². The van der Waals surface area contributed by atoms with Crippen molar-refractivity contribution in [3.63, 3.8) is 0 Å². The third kappa shape index (κ3) is 8.46. The molecule has 5 aromatic rings. The minimum atomic E-state index is -1.24. The summed E-state index contributed by atoms with van der Waals surface area (Å²) < 4.78 is 3.57. The molecule has 0 radical (unpaired) electrons. The van der Waals surface area contributed by atoms with Crippen LogP contribution >= 0.6 is 0 Å². The molecule has 2 aromatic carbocycles. The van der Waals surface area contributed by atoms with Crippen LogP contribution in [0.25, 0.3) is 16.4 Å². The lowest BCUT2D eigenvalue weighted by molar-refractivity contribution is -0.134. The van der Waals surface area contributed by atoms with E-state index in [1.165, 1.54) is 10.7 Å². The molecule has 3 saturated heterocycles. The number of anilines is 2. The van der Waals surface area contributed by atoms with Crippen LogP contribution in [-0.4, -0.2) is 116 Å². The van der Waals surface area contributed by atoms with E-state index in [1.807, 2.05) is 30.3 Å². The second kappa shape index (κ2) is 16.4. The van der Waals surface area contributed by atoms with E-state index in [-0.39, 0.29) is 30.2 Å². The average molecular weight is 826 g/mol. The Morgan fingerprint density at radius 1 is 0.951 bits per heavy atom. The number of fused-ring (bicyclic) bond motifs is 2. The topological polar surface area (TPSA) is 193 Å². The lowest BCUT2D eigenvalue weighted by Gasteiger charge is -2.46. The molecule has 316 valence electrons. The highest BCUT2D eigenvalue weighted by molar-refractivity contribution is 6.06. The fourth-order valence-corrected chi connectivity index (χ4v) is 9.48. The number of hydrogen-bond donors (Lipinski definition) is 4. The van der Waals surface area contributed by atoms with Gasteiger partial charge in [-0.1, -0.05) is 6.07 Å². The molecule has 16 heteroatoms. The summed E-state index contributed by atoms with van der Waals surface area (Å²) in [6.07, 6.45) is 8.28. The van der Waals surface area contributed by atoms with E-state index in [4.69, 9.17) is 5.10 Å². The molecule has 4 amide bonds. The zero-order chi connectivity index (χ0) is 42.4. The Bertz CT molecular complexity index is 2550. The molecule has 0 bridgehead atoms. The molecule has 4 N–H and O–H groups in total. The number of amides is 4. The number of benzene rings is 2. The van der Waals surface area contributed by atoms with Crippen LogP contribution < -0.4 is 20.9 Å². The molecule has 4 fully saturated rings. The molecule has 4 aliphatic rings. The number of carbonyl (C=O) groups is 4. The number of imide groups is 1. The Balaban J connectivity index is 0.749. The van der Waals surface area contributed by atoms with Crippen molar-refractivity contribution in [3.8, 4) is 6.07 Å². The Morgan fingerprint density at radius 3 is 2.46 bits per heavy atom. The number of rotatable bonds is 10. The van der Waals surface area contributed by atoms with E-state index in [0.717, 1.165) is 88.1 Å². The molecule has 1 atom stereocenters. The third-order valence-electron chi connectivity index (χ3n) is 12.9. The highest BCUT2D eigenvalue weighted by atomic mass is 16.3. The summed E-state index contributed by atoms with van der Waals surface area (Å²) in [6, 6.07) is 18.6. The highest BCUT2D eigenvalue weighted by Crippen LogP contribution is 2.36. The molecule has 0 spiro atoms. The molecule has 9 rings (SSSR count). The lowest BCUT2D eigenvalue weighted by atomic mass is 9.90. The summed E-state index contributed by atoms with van der Waals surface area (Å²) in [6.45, 7) is 10.6. The van der Waals surface area contributed by atoms with Crippen LogP contribution in [0.1, 0.15) is 90.4 Å². The number of nitrogens with zero attached hydrogens (tertiary/aromatic N) is 8. The van der Waals surface area contributed by atoms with Crippen molar-refractivity contribution >= 4 is 51.4 Å². The van der Waals surface area contributed by atoms with Crippen LogP contribution in [0.3, 0.4) is 0 Å². The largest absolute Gasteiger partial charge is 0.386 e. The fraction of sp³-hybridized carbons (Fsp3) is 0.444. The van der Waals surface area contributed by atoms with Crippen LogP contribution in [0.2, 0.25) is 0 Å². The number of nitriles is 1. The monoisotopic (exact) mass is 825 g/mol. The molecule has 1 saturated carbocycles. The van der Waals surface area contributed by atoms with Crippen LogP contribution in [-0.2, 0) is 15.2 Å². The third-order valence-corrected chi connectivity index (χ3v) is 12.9. The number of piperazine rings is 1. The summed E-state index contributed by atoms with van der Waals surface area (Å²) in [5.74, 6) is -0.880. The molecule has 16 nitrogen and oxygen atoms in total. The Morgan fingerprint density at radius 2 is 1.72 bits per heavy atom. The first-order valence-electron chi connectivity index (χ1n) is 21.3. The number of nitrogens with one attached hydrogen (secondary N) is 3. The molecular formula is C45H51N11O5. The number of aromatic nitrogens is 4. The van der Waals surface area contributed by atoms with Crippen LogP contribution in [0.4, 0.5) is 11.4 Å². The average Bonchev–Trinajstić information content (AvgIpc) is 3.87. The molecule has 3 aromatic heterocycles. The SMILES string of the molecule is CC(C)(O)c1cc2nn(C3CCC(N4CCN(CC5CN(c6cccc(C(=O)N[C@H]7CCC(=O)NC7=O)c6)C5)CC4)CC3)cc2cc1NC(=O)c1ccc2cc(C#N)cnn12. The molecular weight excluding hydrogens is 775 g/mol. The standard InChI is InChI=1S/C45H51N11O5/c1-45(2,61)36-21-38-31(20-39(36)49-44(60)40-12-10-35-18-28(22-46)23-47-56(35)40)27-55(51-38)33-8-6-32(7-9-33)53-16-14-52(15-17-53)24-29-25-54(26-29)34-5-3-4-30(19-34)42(58)48-37-11-13-41(57)50-43(37)59/h3-5,10,12,18-21,23,27,29,32-33,37,61H,6-9,11,13-17,24-26H2,1-2H3,(H,48,58)(H,49,60)(H,50,57,59)/t32?,33?,37-/m0/s1. The second-order valence-corrected chi connectivity index (χ2v) is 17.6. The van der Waals surface area contributed by atoms with Crippen molar-refractivity contribution in [2.75, 3.05) is 56.0 Å². The maximum absolute atomic E-state index is 13.5. The fourth-order valence-electron chi connectivity index (χ4n) is 9.48. The summed E-state index contributed by atoms with van der Waals surface area (Å²) >= 11 is 0. The van der Waals surface area contributed by atoms with Crippen molar-refractivity contribution in [2.24, 2.45) is 5.92 Å². The van der Waals surface area contributed by atoms with Crippen LogP contribution in [0.15, 0.2) is 67.0 Å². The van der Waals surface area contributed by atoms with Gasteiger partial charge in [0, 0.05) is 98.3 Å². The van der Waals surface area contributed by atoms with Gasteiger partial charge in [-0.2, -0.15) is 15.5 Å². The Kier molecular flexibility index (Phi) is 10.8. The lowest BCUT2D eigenvalue weighted by Crippen LogP contribution is -2.56. The Labute approximate surface area is 353 Å². The van der Waals surface area contributed by atoms with Crippen LogP contribution in [0, 0.1) is 17.2 Å². The number of aliphatic hydroxyl groups is 1. The summed E-state index contributed by atoms with van der Waals surface area (Å²) in [5, 5.41) is 38.6. The van der Waals surface area contributed by atoms with Gasteiger partial charge in [0.05, 0.1) is 34.4 Å². The van der Waals surface area contributed by atoms with Gasteiger partial charge in [-0.25, -0.2) is 4.52 Å². The molecule has 3 aliphatic heterocycles. The van der Waals surface area contributed by atoms with E-state index in [1.54, 1.807) is 38.1 Å². The molecule has 0 unspecified atom stereocenters. The van der Waals surface area contributed by atoms with E-state index < -0.39 is 17.6 Å². The van der Waals surface area contributed by atoms with E-state index in [0.29, 0.717) is 52.0 Å². The second-order valence-electron chi connectivity index (χ2n) is 17.6. The maximum Gasteiger partial charge on any atom is 0.274 e. The van der Waals surface area contributed by atoms with Gasteiger partial charge in [-0.15, -0.1) is 0 Å². The first kappa shape index (κ1) is 40.3. The minimum absolute atomic E-state index is 0.218. The van der Waals surface area contributed by atoms with Gasteiger partial charge in [-0.3, -0.25) is 34.1 Å². The summed E-state index contributed by atoms with van der Waals surface area (Å²) in [4.78, 5) is 57.6. The van der Waals surface area contributed by atoms with Gasteiger partial charge in [0.1, 0.15) is 17.8 Å². The van der Waals surface area contributed by atoms with E-state index in [2.05, 4.69) is 52.7 Å². The summed E-state index contributed by atoms with van der Waals surface area (Å²) in [7, 11) is 0. The van der Waals surface area contributed by atoms with Crippen molar-refractivity contribution < 1.29 is 24.3 Å². The zero-order valence-corrected chi connectivity index (χ0v) is 34.5. The normalized spacial score (nSPS) is 21.9. The summed E-state index contributed by atoms with van der Waals surface area (Å²) in [5.41, 5.74) is 3.48. The maximum atomic E-state index is 13.5. The predicted octanol–water partition coefficient (Wildman–Crippen LogP) is 3.81. The van der Waals surface area contributed by atoms with Gasteiger partial charge in [0.25, 0.3) is 11.8 Å². The Hall–Kier alpha value is -6.15. The van der Waals surface area contributed by atoms with E-state index in [9.17, 15) is 29.5 Å².